The molecule has 0 radical (unpaired) electrons. The number of carbonyl (C=O) groups is 1. The van der Waals surface area contributed by atoms with E-state index in [0.717, 1.165) is 24.0 Å². The van der Waals surface area contributed by atoms with E-state index in [0.29, 0.717) is 17.4 Å². The highest BCUT2D eigenvalue weighted by Crippen LogP contribution is 2.31. The Kier molecular flexibility index (Phi) is 4.81. The molecular formula is C17H24O3. The van der Waals surface area contributed by atoms with Crippen molar-refractivity contribution in [3.05, 3.63) is 34.9 Å². The van der Waals surface area contributed by atoms with Crippen LogP contribution in [0, 0.1) is 25.7 Å². The van der Waals surface area contributed by atoms with Crippen molar-refractivity contribution in [3.8, 4) is 0 Å². The summed E-state index contributed by atoms with van der Waals surface area (Å²) >= 11 is 0. The van der Waals surface area contributed by atoms with Gasteiger partial charge in [0.15, 0.2) is 0 Å². The molecule has 0 spiro atoms. The second-order valence-electron chi connectivity index (χ2n) is 6.14. The molecule has 0 aliphatic heterocycles. The van der Waals surface area contributed by atoms with Gasteiger partial charge in [0.1, 0.15) is 6.10 Å². The summed E-state index contributed by atoms with van der Waals surface area (Å²) in [5.74, 6) is 0.476. The molecule has 3 nitrogen and oxygen atoms in total. The van der Waals surface area contributed by atoms with Gasteiger partial charge in [-0.3, -0.25) is 4.89 Å². The molecule has 2 unspecified atom stereocenters. The van der Waals surface area contributed by atoms with Crippen molar-refractivity contribution < 1.29 is 14.6 Å². The van der Waals surface area contributed by atoms with E-state index in [1.165, 1.54) is 6.42 Å². The predicted octanol–water partition coefficient (Wildman–Crippen LogP) is 4.22. The third-order valence-electron chi connectivity index (χ3n) is 4.28. The second kappa shape index (κ2) is 6.40. The summed E-state index contributed by atoms with van der Waals surface area (Å²) in [6.45, 7) is 8.23. The van der Waals surface area contributed by atoms with E-state index in [1.807, 2.05) is 26.0 Å². The van der Waals surface area contributed by atoms with Gasteiger partial charge in [-0.2, -0.15) is 4.89 Å². The summed E-state index contributed by atoms with van der Waals surface area (Å²) in [7, 11) is 0. The van der Waals surface area contributed by atoms with Crippen LogP contribution in [0.15, 0.2) is 18.2 Å². The Bertz CT molecular complexity index is 471. The summed E-state index contributed by atoms with van der Waals surface area (Å²) in [5.41, 5.74) is 2.63. The Morgan fingerprint density at radius 1 is 1.15 bits per heavy atom. The lowest BCUT2D eigenvalue weighted by Crippen LogP contribution is -2.33. The van der Waals surface area contributed by atoms with Crippen LogP contribution in [-0.2, 0) is 9.78 Å². The lowest BCUT2D eigenvalue weighted by Gasteiger charge is -2.32. The molecule has 1 saturated carbocycles. The molecule has 2 atom stereocenters. The van der Waals surface area contributed by atoms with E-state index in [9.17, 15) is 4.79 Å². The van der Waals surface area contributed by atoms with Crippen LogP contribution >= 0.6 is 0 Å². The van der Waals surface area contributed by atoms with Gasteiger partial charge < -0.3 is 0 Å². The number of carbonyl (C=O) groups excluding carboxylic acids is 1. The zero-order chi connectivity index (χ0) is 14.7. The summed E-state index contributed by atoms with van der Waals surface area (Å²) < 4.78 is 0. The molecule has 20 heavy (non-hydrogen) atoms. The number of hydrogen-bond acceptors (Lipinski definition) is 3. The summed E-state index contributed by atoms with van der Waals surface area (Å²) in [5, 5.41) is 0. The minimum absolute atomic E-state index is 0.0125. The normalized spacial score (nSPS) is 26.3. The van der Waals surface area contributed by atoms with Crippen molar-refractivity contribution >= 4 is 5.97 Å². The van der Waals surface area contributed by atoms with Gasteiger partial charge in [0, 0.05) is 0 Å². The van der Waals surface area contributed by atoms with Crippen LogP contribution in [0.1, 0.15) is 54.6 Å². The van der Waals surface area contributed by atoms with Crippen LogP contribution in [0.3, 0.4) is 0 Å². The largest absolute Gasteiger partial charge is 0.373 e. The molecule has 0 bridgehead atoms. The maximum Gasteiger partial charge on any atom is 0.373 e. The molecule has 0 heterocycles. The quantitative estimate of drug-likeness (QED) is 0.612. The van der Waals surface area contributed by atoms with Crippen molar-refractivity contribution in [1.29, 1.82) is 0 Å². The first-order valence-corrected chi connectivity index (χ1v) is 7.44. The number of aryl methyl sites for hydroxylation is 2. The standard InChI is InChI=1S/C17H24O3/c1-11-8-9-15(14(4)10-11)17(18)20-19-16-12(2)6-5-7-13(16)3/h8-10,12-13,16H,5-7H2,1-4H3. The molecule has 110 valence electrons. The fourth-order valence-corrected chi connectivity index (χ4v) is 3.03. The molecule has 0 saturated heterocycles. The highest BCUT2D eigenvalue weighted by molar-refractivity contribution is 5.90. The summed E-state index contributed by atoms with van der Waals surface area (Å²) in [4.78, 5) is 22.6. The monoisotopic (exact) mass is 276 g/mol. The topological polar surface area (TPSA) is 35.5 Å². The maximum absolute atomic E-state index is 12.1. The Hall–Kier alpha value is -1.35. The first kappa shape index (κ1) is 15.0. The van der Waals surface area contributed by atoms with Crippen molar-refractivity contribution in [2.75, 3.05) is 0 Å². The van der Waals surface area contributed by atoms with Crippen molar-refractivity contribution in [2.45, 2.75) is 53.1 Å². The highest BCUT2D eigenvalue weighted by atomic mass is 17.2. The molecule has 0 aromatic heterocycles. The average molecular weight is 276 g/mol. The molecule has 0 N–H and O–H groups in total. The van der Waals surface area contributed by atoms with Gasteiger partial charge in [-0.05, 0) is 50.2 Å². The van der Waals surface area contributed by atoms with Crippen LogP contribution in [0.5, 0.6) is 0 Å². The molecule has 1 aliphatic rings. The fraction of sp³-hybridized carbons (Fsp3) is 0.588. The van der Waals surface area contributed by atoms with Gasteiger partial charge >= 0.3 is 5.97 Å². The van der Waals surface area contributed by atoms with Gasteiger partial charge in [-0.25, -0.2) is 4.79 Å². The van der Waals surface area contributed by atoms with E-state index in [1.54, 1.807) is 6.07 Å². The average Bonchev–Trinajstić information content (AvgIpc) is 2.37. The molecule has 2 rings (SSSR count). The highest BCUT2D eigenvalue weighted by Gasteiger charge is 2.30. The van der Waals surface area contributed by atoms with Crippen molar-refractivity contribution in [2.24, 2.45) is 11.8 Å². The number of hydrogen-bond donors (Lipinski definition) is 0. The van der Waals surface area contributed by atoms with E-state index < -0.39 is 5.97 Å². The van der Waals surface area contributed by atoms with Crippen LogP contribution in [0.25, 0.3) is 0 Å². The number of benzene rings is 1. The Morgan fingerprint density at radius 3 is 2.40 bits per heavy atom. The van der Waals surface area contributed by atoms with Gasteiger partial charge in [0.2, 0.25) is 0 Å². The van der Waals surface area contributed by atoms with E-state index in [2.05, 4.69) is 13.8 Å². The minimum atomic E-state index is -0.396. The SMILES string of the molecule is Cc1ccc(C(=O)OOC2C(C)CCCC2C)c(C)c1. The van der Waals surface area contributed by atoms with Gasteiger partial charge in [-0.1, -0.05) is 38.0 Å². The van der Waals surface area contributed by atoms with E-state index in [4.69, 9.17) is 9.78 Å². The Morgan fingerprint density at radius 2 is 1.80 bits per heavy atom. The van der Waals surface area contributed by atoms with Crippen molar-refractivity contribution in [1.82, 2.24) is 0 Å². The van der Waals surface area contributed by atoms with E-state index in [-0.39, 0.29) is 6.10 Å². The zero-order valence-electron chi connectivity index (χ0n) is 12.8. The van der Waals surface area contributed by atoms with Gasteiger partial charge in [-0.15, -0.1) is 0 Å². The smallest absolute Gasteiger partial charge is 0.293 e. The van der Waals surface area contributed by atoms with Gasteiger partial charge in [0.05, 0.1) is 5.56 Å². The molecule has 1 aromatic rings. The fourth-order valence-electron chi connectivity index (χ4n) is 3.03. The van der Waals surface area contributed by atoms with E-state index >= 15 is 0 Å². The van der Waals surface area contributed by atoms with Gasteiger partial charge in [0.25, 0.3) is 0 Å². The molecule has 0 amide bonds. The van der Waals surface area contributed by atoms with Crippen molar-refractivity contribution in [3.63, 3.8) is 0 Å². The zero-order valence-corrected chi connectivity index (χ0v) is 12.8. The lowest BCUT2D eigenvalue weighted by atomic mass is 9.81. The molecule has 3 heteroatoms. The molecule has 1 aliphatic carbocycles. The predicted molar refractivity (Wildman–Crippen MR) is 78.4 cm³/mol. The molecular weight excluding hydrogens is 252 g/mol. The number of rotatable bonds is 3. The first-order chi connectivity index (χ1) is 9.49. The third-order valence-corrected chi connectivity index (χ3v) is 4.28. The third kappa shape index (κ3) is 3.40. The maximum atomic E-state index is 12.1. The summed E-state index contributed by atoms with van der Waals surface area (Å²) in [6.07, 6.45) is 3.51. The first-order valence-electron chi connectivity index (χ1n) is 7.44. The van der Waals surface area contributed by atoms with Crippen LogP contribution < -0.4 is 0 Å². The molecule has 1 aromatic carbocycles. The summed E-state index contributed by atoms with van der Waals surface area (Å²) in [6, 6.07) is 5.68. The lowest BCUT2D eigenvalue weighted by molar-refractivity contribution is -0.299. The minimum Gasteiger partial charge on any atom is -0.293 e. The molecule has 1 fully saturated rings. The van der Waals surface area contributed by atoms with Crippen LogP contribution in [0.2, 0.25) is 0 Å². The van der Waals surface area contributed by atoms with Crippen LogP contribution in [0.4, 0.5) is 0 Å². The Balaban J connectivity index is 1.97. The second-order valence-corrected chi connectivity index (χ2v) is 6.14. The Labute approximate surface area is 121 Å². The van der Waals surface area contributed by atoms with Crippen LogP contribution in [-0.4, -0.2) is 12.1 Å².